The zero-order valence-corrected chi connectivity index (χ0v) is 17.0. The molecule has 0 bridgehead atoms. The average molecular weight is 428 g/mol. The van der Waals surface area contributed by atoms with E-state index in [4.69, 9.17) is 0 Å². The summed E-state index contributed by atoms with van der Waals surface area (Å²) in [6, 6.07) is 12.2. The molecule has 0 spiro atoms. The van der Waals surface area contributed by atoms with Gasteiger partial charge in [0, 0.05) is 6.54 Å². The number of anilines is 1. The van der Waals surface area contributed by atoms with Gasteiger partial charge in [0.1, 0.15) is 6.04 Å². The lowest BCUT2D eigenvalue weighted by Crippen LogP contribution is -2.45. The number of hydrogen-bond acceptors (Lipinski definition) is 6. The van der Waals surface area contributed by atoms with E-state index in [1.807, 2.05) is 0 Å². The maximum Gasteiger partial charge on any atom is 0.337 e. The first-order valence-electron chi connectivity index (χ1n) is 9.04. The van der Waals surface area contributed by atoms with Gasteiger partial charge >= 0.3 is 5.97 Å². The molecule has 1 unspecified atom stereocenters. The molecule has 2 amide bonds. The number of rotatable bonds is 7. The second-order valence-corrected chi connectivity index (χ2v) is 8.39. The highest BCUT2D eigenvalue weighted by Gasteiger charge is 2.46. The normalized spacial score (nSPS) is 16.7. The summed E-state index contributed by atoms with van der Waals surface area (Å²) < 4.78 is 31.8. The number of methoxy groups -OCH3 is 1. The van der Waals surface area contributed by atoms with Crippen molar-refractivity contribution in [2.75, 3.05) is 18.6 Å². The summed E-state index contributed by atoms with van der Waals surface area (Å²) in [6.07, 6.45) is 1.07. The number of esters is 1. The molecule has 0 aliphatic carbocycles. The van der Waals surface area contributed by atoms with Crippen LogP contribution in [0, 0.1) is 0 Å². The van der Waals surface area contributed by atoms with Crippen molar-refractivity contribution >= 4 is 33.5 Å². The van der Waals surface area contributed by atoms with Crippen LogP contribution in [0.5, 0.6) is 0 Å². The van der Waals surface area contributed by atoms with Crippen LogP contribution >= 0.6 is 0 Å². The van der Waals surface area contributed by atoms with E-state index >= 15 is 0 Å². The van der Waals surface area contributed by atoms with Gasteiger partial charge in [-0.2, -0.15) is 4.31 Å². The monoisotopic (exact) mass is 428 g/mol. The molecular weight excluding hydrogens is 408 g/mol. The first kappa shape index (κ1) is 21.4. The molecule has 1 aliphatic heterocycles. The molecule has 0 radical (unpaired) electrons. The summed E-state index contributed by atoms with van der Waals surface area (Å²) in [5.74, 6) is -1.75. The van der Waals surface area contributed by atoms with Gasteiger partial charge < -0.3 is 4.74 Å². The third-order valence-electron chi connectivity index (χ3n) is 4.68. The van der Waals surface area contributed by atoms with Crippen molar-refractivity contribution in [3.63, 3.8) is 0 Å². The van der Waals surface area contributed by atoms with Gasteiger partial charge in [-0.05, 0) is 36.4 Å². The van der Waals surface area contributed by atoms with E-state index in [-0.39, 0.29) is 29.1 Å². The van der Waals surface area contributed by atoms with Gasteiger partial charge in [-0.3, -0.25) is 9.59 Å². The van der Waals surface area contributed by atoms with E-state index in [0.717, 1.165) is 9.21 Å². The van der Waals surface area contributed by atoms with Crippen LogP contribution in [0.3, 0.4) is 0 Å². The van der Waals surface area contributed by atoms with E-state index < -0.39 is 33.8 Å². The average Bonchev–Trinajstić information content (AvgIpc) is 3.05. The summed E-state index contributed by atoms with van der Waals surface area (Å²) >= 11 is 0. The molecule has 0 N–H and O–H groups in total. The van der Waals surface area contributed by atoms with Crippen molar-refractivity contribution in [2.24, 2.45) is 0 Å². The highest BCUT2D eigenvalue weighted by molar-refractivity contribution is 7.89. The number of hydrogen-bond donors (Lipinski definition) is 0. The Bertz CT molecular complexity index is 1080. The third kappa shape index (κ3) is 3.89. The SMILES string of the molecule is C=CCN(C1CC(=O)N(c2ccc(C(=O)OC)cc2)C1=O)S(=O)(=O)c1ccccc1. The molecule has 1 aliphatic rings. The van der Waals surface area contributed by atoms with Crippen molar-refractivity contribution in [3.05, 3.63) is 72.8 Å². The molecule has 1 fully saturated rings. The maximum absolute atomic E-state index is 13.1. The lowest BCUT2D eigenvalue weighted by atomic mass is 10.2. The van der Waals surface area contributed by atoms with E-state index in [9.17, 15) is 22.8 Å². The highest BCUT2D eigenvalue weighted by atomic mass is 32.2. The Balaban J connectivity index is 1.93. The fourth-order valence-corrected chi connectivity index (χ4v) is 4.80. The van der Waals surface area contributed by atoms with Crippen LogP contribution in [0.1, 0.15) is 16.8 Å². The van der Waals surface area contributed by atoms with Crippen LogP contribution in [0.25, 0.3) is 0 Å². The predicted molar refractivity (Wildman–Crippen MR) is 109 cm³/mol. The van der Waals surface area contributed by atoms with Crippen molar-refractivity contribution in [3.8, 4) is 0 Å². The Kier molecular flexibility index (Phi) is 6.14. The number of carbonyl (C=O) groups excluding carboxylic acids is 3. The van der Waals surface area contributed by atoms with E-state index in [0.29, 0.717) is 0 Å². The predicted octanol–water partition coefficient (Wildman–Crippen LogP) is 1.98. The minimum Gasteiger partial charge on any atom is -0.465 e. The summed E-state index contributed by atoms with van der Waals surface area (Å²) in [6.45, 7) is 3.45. The van der Waals surface area contributed by atoms with Gasteiger partial charge in [0.15, 0.2) is 0 Å². The molecule has 156 valence electrons. The number of nitrogens with zero attached hydrogens (tertiary/aromatic N) is 2. The van der Waals surface area contributed by atoms with Gasteiger partial charge in [0.2, 0.25) is 15.9 Å². The molecule has 1 heterocycles. The Hall–Kier alpha value is -3.30. The Morgan fingerprint density at radius 3 is 2.37 bits per heavy atom. The van der Waals surface area contributed by atoms with Crippen LogP contribution in [0.2, 0.25) is 0 Å². The van der Waals surface area contributed by atoms with Gasteiger partial charge in [0.05, 0.1) is 29.7 Å². The van der Waals surface area contributed by atoms with Gasteiger partial charge in [0.25, 0.3) is 5.91 Å². The number of carbonyl (C=O) groups is 3. The molecule has 1 atom stereocenters. The summed E-state index contributed by atoms with van der Waals surface area (Å²) in [4.78, 5) is 38.2. The Labute approximate surface area is 174 Å². The van der Waals surface area contributed by atoms with E-state index in [1.165, 1.54) is 49.6 Å². The van der Waals surface area contributed by atoms with Crippen LogP contribution in [-0.2, 0) is 24.3 Å². The zero-order chi connectivity index (χ0) is 21.9. The first-order valence-corrected chi connectivity index (χ1v) is 10.5. The molecule has 0 aromatic heterocycles. The molecule has 2 aromatic carbocycles. The summed E-state index contributed by atoms with van der Waals surface area (Å²) in [5.41, 5.74) is 0.507. The standard InChI is InChI=1S/C21H20N2O6S/c1-3-13-22(30(27,28)17-7-5-4-6-8-17)18-14-19(24)23(20(18)25)16-11-9-15(10-12-16)21(26)29-2/h3-12,18H,1,13-14H2,2H3. The lowest BCUT2D eigenvalue weighted by Gasteiger charge is -2.25. The maximum atomic E-state index is 13.1. The molecule has 0 saturated carbocycles. The van der Waals surface area contributed by atoms with Gasteiger partial charge in [-0.15, -0.1) is 6.58 Å². The van der Waals surface area contributed by atoms with Crippen LogP contribution in [-0.4, -0.2) is 50.2 Å². The topological polar surface area (TPSA) is 101 Å². The van der Waals surface area contributed by atoms with Crippen molar-refractivity contribution < 1.29 is 27.5 Å². The highest BCUT2D eigenvalue weighted by Crippen LogP contribution is 2.29. The molecule has 1 saturated heterocycles. The second-order valence-electron chi connectivity index (χ2n) is 6.50. The van der Waals surface area contributed by atoms with Crippen LogP contribution < -0.4 is 4.90 Å². The Morgan fingerprint density at radius 1 is 1.17 bits per heavy atom. The third-order valence-corrected chi connectivity index (χ3v) is 6.56. The van der Waals surface area contributed by atoms with E-state index in [2.05, 4.69) is 11.3 Å². The molecule has 3 rings (SSSR count). The van der Waals surface area contributed by atoms with E-state index in [1.54, 1.807) is 18.2 Å². The van der Waals surface area contributed by atoms with Crippen molar-refractivity contribution in [1.29, 1.82) is 0 Å². The lowest BCUT2D eigenvalue weighted by molar-refractivity contribution is -0.122. The second kappa shape index (κ2) is 8.60. The number of ether oxygens (including phenoxy) is 1. The molecular formula is C21H20N2O6S. The number of sulfonamides is 1. The fourth-order valence-electron chi connectivity index (χ4n) is 3.22. The van der Waals surface area contributed by atoms with Crippen molar-refractivity contribution in [2.45, 2.75) is 17.4 Å². The number of amides is 2. The van der Waals surface area contributed by atoms with Crippen molar-refractivity contribution in [1.82, 2.24) is 4.31 Å². The number of imide groups is 1. The molecule has 2 aromatic rings. The summed E-state index contributed by atoms with van der Waals surface area (Å²) in [7, 11) is -2.78. The zero-order valence-electron chi connectivity index (χ0n) is 16.2. The molecule has 8 nitrogen and oxygen atoms in total. The van der Waals surface area contributed by atoms with Gasteiger partial charge in [-0.25, -0.2) is 18.1 Å². The van der Waals surface area contributed by atoms with Gasteiger partial charge in [-0.1, -0.05) is 24.3 Å². The molecule has 30 heavy (non-hydrogen) atoms. The minimum atomic E-state index is -4.03. The Morgan fingerprint density at radius 2 is 1.80 bits per heavy atom. The quantitative estimate of drug-likeness (QED) is 0.380. The number of benzene rings is 2. The minimum absolute atomic E-state index is 0.0213. The smallest absolute Gasteiger partial charge is 0.337 e. The molecule has 9 heteroatoms. The summed E-state index contributed by atoms with van der Waals surface area (Å²) in [5, 5.41) is 0. The van der Waals surface area contributed by atoms with Crippen LogP contribution in [0.4, 0.5) is 5.69 Å². The fraction of sp³-hybridized carbons (Fsp3) is 0.190. The van der Waals surface area contributed by atoms with Crippen LogP contribution in [0.15, 0.2) is 72.1 Å². The largest absolute Gasteiger partial charge is 0.465 e. The first-order chi connectivity index (χ1) is 14.3.